The molecule has 0 radical (unpaired) electrons. The van der Waals surface area contributed by atoms with Crippen LogP contribution in [0.2, 0.25) is 0 Å². The smallest absolute Gasteiger partial charge is 0.141 e. The normalized spacial score (nSPS) is 17.6. The Balaban J connectivity index is 1.95. The molecule has 4 nitrogen and oxygen atoms in total. The molecule has 0 aromatic heterocycles. The second-order valence-electron chi connectivity index (χ2n) is 4.47. The molecule has 0 spiro atoms. The Labute approximate surface area is 122 Å². The van der Waals surface area contributed by atoms with E-state index in [2.05, 4.69) is 26.3 Å². The van der Waals surface area contributed by atoms with Gasteiger partial charge in [-0.2, -0.15) is 0 Å². The number of aliphatic imine (C=N–C) groups is 1. The van der Waals surface area contributed by atoms with Crippen LogP contribution < -0.4 is 11.2 Å². The fourth-order valence-electron chi connectivity index (χ4n) is 2.18. The summed E-state index contributed by atoms with van der Waals surface area (Å²) in [6, 6.07) is 2.29. The van der Waals surface area contributed by atoms with Gasteiger partial charge in [-0.1, -0.05) is 0 Å². The van der Waals surface area contributed by atoms with Gasteiger partial charge in [-0.05, 0) is 33.6 Å². The quantitative estimate of drug-likeness (QED) is 0.811. The highest BCUT2D eigenvalue weighted by molar-refractivity contribution is 9.10. The van der Waals surface area contributed by atoms with Crippen molar-refractivity contribution in [1.29, 1.82) is 0 Å². The zero-order valence-corrected chi connectivity index (χ0v) is 11.9. The summed E-state index contributed by atoms with van der Waals surface area (Å²) >= 11 is 3.06. The maximum absolute atomic E-state index is 13.8. The van der Waals surface area contributed by atoms with Crippen LogP contribution in [0.15, 0.2) is 45.4 Å². The summed E-state index contributed by atoms with van der Waals surface area (Å²) in [6.07, 6.45) is 3.85. The molecule has 0 saturated heterocycles. The van der Waals surface area contributed by atoms with E-state index in [9.17, 15) is 8.78 Å². The Bertz CT molecular complexity index is 667. The lowest BCUT2D eigenvalue weighted by Gasteiger charge is -2.23. The van der Waals surface area contributed by atoms with E-state index < -0.39 is 11.6 Å². The lowest BCUT2D eigenvalue weighted by molar-refractivity contribution is 0.394. The largest absolute Gasteiger partial charge is 0.382 e. The SMILES string of the molecule is NC1=CN2NCC=C2C(Cc2cc(Br)c(F)cc2F)=N1. The van der Waals surface area contributed by atoms with Crippen molar-refractivity contribution in [3.05, 3.63) is 57.6 Å². The minimum atomic E-state index is -0.625. The molecular formula is C13H11BrF2N4. The number of benzene rings is 1. The standard InChI is InChI=1S/C13H11BrF2N4/c14-8-3-7(9(15)5-10(8)16)4-11-12-1-2-18-20(12)6-13(17)19-11/h1,3,5-6,18H,2,4,17H2. The molecule has 0 unspecified atom stereocenters. The summed E-state index contributed by atoms with van der Waals surface area (Å²) in [6.45, 7) is 0.660. The molecule has 0 saturated carbocycles. The maximum atomic E-state index is 13.8. The summed E-state index contributed by atoms with van der Waals surface area (Å²) in [5.74, 6) is -0.882. The van der Waals surface area contributed by atoms with E-state index in [0.29, 0.717) is 23.6 Å². The third-order valence-corrected chi connectivity index (χ3v) is 3.69. The van der Waals surface area contributed by atoms with E-state index in [4.69, 9.17) is 5.73 Å². The number of halogens is 3. The van der Waals surface area contributed by atoms with Crippen LogP contribution in [0.3, 0.4) is 0 Å². The molecule has 3 rings (SSSR count). The zero-order chi connectivity index (χ0) is 14.3. The van der Waals surface area contributed by atoms with Gasteiger partial charge in [0.1, 0.15) is 17.5 Å². The summed E-state index contributed by atoms with van der Waals surface area (Å²) in [5, 5.41) is 1.76. The number of nitrogens with two attached hydrogens (primary N) is 1. The highest BCUT2D eigenvalue weighted by Gasteiger charge is 2.23. The summed E-state index contributed by atoms with van der Waals surface area (Å²) in [5.41, 5.74) is 10.7. The predicted molar refractivity (Wildman–Crippen MR) is 75.4 cm³/mol. The molecule has 0 bridgehead atoms. The van der Waals surface area contributed by atoms with Crippen LogP contribution in [-0.4, -0.2) is 17.3 Å². The van der Waals surface area contributed by atoms with Crippen molar-refractivity contribution < 1.29 is 8.78 Å². The van der Waals surface area contributed by atoms with Gasteiger partial charge in [0.2, 0.25) is 0 Å². The van der Waals surface area contributed by atoms with Crippen LogP contribution in [0.5, 0.6) is 0 Å². The van der Waals surface area contributed by atoms with Gasteiger partial charge in [0.25, 0.3) is 0 Å². The average Bonchev–Trinajstić information content (AvgIpc) is 2.84. The van der Waals surface area contributed by atoms with Crippen molar-refractivity contribution in [3.63, 3.8) is 0 Å². The molecule has 0 atom stereocenters. The first-order valence-electron chi connectivity index (χ1n) is 5.96. The number of hydrogen-bond acceptors (Lipinski definition) is 4. The predicted octanol–water partition coefficient (Wildman–Crippen LogP) is 2.19. The molecule has 7 heteroatoms. The van der Waals surface area contributed by atoms with Gasteiger partial charge in [-0.3, -0.25) is 5.01 Å². The summed E-state index contributed by atoms with van der Waals surface area (Å²) in [7, 11) is 0. The van der Waals surface area contributed by atoms with E-state index >= 15 is 0 Å². The fourth-order valence-corrected chi connectivity index (χ4v) is 2.57. The van der Waals surface area contributed by atoms with Crippen LogP contribution >= 0.6 is 15.9 Å². The van der Waals surface area contributed by atoms with E-state index in [1.165, 1.54) is 6.07 Å². The number of allylic oxidation sites excluding steroid dienone is 1. The highest BCUT2D eigenvalue weighted by atomic mass is 79.9. The molecule has 2 aliphatic rings. The zero-order valence-electron chi connectivity index (χ0n) is 10.3. The molecule has 104 valence electrons. The average molecular weight is 341 g/mol. The highest BCUT2D eigenvalue weighted by Crippen LogP contribution is 2.24. The number of hydrazine groups is 1. The molecule has 3 N–H and O–H groups in total. The van der Waals surface area contributed by atoms with E-state index in [1.54, 1.807) is 11.2 Å². The summed E-state index contributed by atoms with van der Waals surface area (Å²) in [4.78, 5) is 4.24. The van der Waals surface area contributed by atoms with Gasteiger partial charge in [-0.15, -0.1) is 0 Å². The van der Waals surface area contributed by atoms with Crippen molar-refractivity contribution in [2.24, 2.45) is 10.7 Å². The van der Waals surface area contributed by atoms with Crippen LogP contribution in [-0.2, 0) is 6.42 Å². The van der Waals surface area contributed by atoms with Crippen molar-refractivity contribution in [2.75, 3.05) is 6.54 Å². The van der Waals surface area contributed by atoms with Crippen LogP contribution in [0.25, 0.3) is 0 Å². The van der Waals surface area contributed by atoms with Crippen molar-refractivity contribution >= 4 is 21.6 Å². The Morgan fingerprint density at radius 3 is 2.95 bits per heavy atom. The minimum Gasteiger partial charge on any atom is -0.382 e. The van der Waals surface area contributed by atoms with Crippen molar-refractivity contribution in [3.8, 4) is 0 Å². The van der Waals surface area contributed by atoms with E-state index in [0.717, 1.165) is 11.8 Å². The number of fused-ring (bicyclic) bond motifs is 1. The third kappa shape index (κ3) is 2.34. The van der Waals surface area contributed by atoms with Gasteiger partial charge >= 0.3 is 0 Å². The molecular weight excluding hydrogens is 330 g/mol. The lowest BCUT2D eigenvalue weighted by Crippen LogP contribution is -2.33. The fraction of sp³-hybridized carbons (Fsp3) is 0.154. The first kappa shape index (κ1) is 13.3. The third-order valence-electron chi connectivity index (χ3n) is 3.08. The number of nitrogens with one attached hydrogen (secondary N) is 1. The van der Waals surface area contributed by atoms with Crippen LogP contribution in [0.4, 0.5) is 8.78 Å². The number of nitrogens with zero attached hydrogens (tertiary/aromatic N) is 2. The topological polar surface area (TPSA) is 53.6 Å². The molecule has 0 aliphatic carbocycles. The molecule has 0 amide bonds. The minimum absolute atomic E-state index is 0.226. The number of rotatable bonds is 2. The van der Waals surface area contributed by atoms with Crippen molar-refractivity contribution in [2.45, 2.75) is 6.42 Å². The Kier molecular flexibility index (Phi) is 3.31. The molecule has 2 aliphatic heterocycles. The second kappa shape index (κ2) is 4.99. The molecule has 1 aromatic rings. The van der Waals surface area contributed by atoms with Crippen LogP contribution in [0, 0.1) is 11.6 Å². The van der Waals surface area contributed by atoms with Crippen molar-refractivity contribution in [1.82, 2.24) is 10.4 Å². The van der Waals surface area contributed by atoms with E-state index in [1.807, 2.05) is 6.08 Å². The van der Waals surface area contributed by atoms with Gasteiger partial charge in [0.05, 0.1) is 22.1 Å². The Morgan fingerprint density at radius 1 is 1.35 bits per heavy atom. The first-order chi connectivity index (χ1) is 9.54. The Morgan fingerprint density at radius 2 is 2.15 bits per heavy atom. The second-order valence-corrected chi connectivity index (χ2v) is 5.32. The van der Waals surface area contributed by atoms with Gasteiger partial charge in [-0.25, -0.2) is 19.2 Å². The van der Waals surface area contributed by atoms with E-state index in [-0.39, 0.29) is 10.9 Å². The summed E-state index contributed by atoms with van der Waals surface area (Å²) < 4.78 is 27.3. The van der Waals surface area contributed by atoms with Gasteiger partial charge in [0.15, 0.2) is 0 Å². The molecule has 0 fully saturated rings. The van der Waals surface area contributed by atoms with Gasteiger partial charge < -0.3 is 5.73 Å². The molecule has 20 heavy (non-hydrogen) atoms. The Hall–Kier alpha value is -1.73. The van der Waals surface area contributed by atoms with Crippen LogP contribution in [0.1, 0.15) is 5.56 Å². The molecule has 2 heterocycles. The first-order valence-corrected chi connectivity index (χ1v) is 6.75. The monoisotopic (exact) mass is 340 g/mol. The number of hydrogen-bond donors (Lipinski definition) is 2. The maximum Gasteiger partial charge on any atom is 0.141 e. The lowest BCUT2D eigenvalue weighted by atomic mass is 10.0. The molecule has 1 aromatic carbocycles. The van der Waals surface area contributed by atoms with Gasteiger partial charge in [0, 0.05) is 19.0 Å².